The van der Waals surface area contributed by atoms with Crippen LogP contribution in [0.1, 0.15) is 12.8 Å². The van der Waals surface area contributed by atoms with Crippen LogP contribution in [-0.4, -0.2) is 11.0 Å². The molecule has 1 saturated carbocycles. The molecule has 0 amide bonds. The van der Waals surface area contributed by atoms with Crippen molar-refractivity contribution >= 4 is 11.8 Å². The minimum Gasteiger partial charge on any atom is -0.197 e. The molecule has 2 rings (SSSR count). The Kier molecular flexibility index (Phi) is 1.50. The molecule has 0 aromatic rings. The molecule has 0 saturated heterocycles. The van der Waals surface area contributed by atoms with E-state index in [2.05, 4.69) is 24.5 Å². The van der Waals surface area contributed by atoms with Gasteiger partial charge < -0.3 is 0 Å². The Labute approximate surface area is 71.5 Å². The van der Waals surface area contributed by atoms with Gasteiger partial charge in [0.2, 0.25) is 0 Å². The summed E-state index contributed by atoms with van der Waals surface area (Å²) in [4.78, 5) is 0. The van der Waals surface area contributed by atoms with Crippen LogP contribution in [0, 0.1) is 23.2 Å². The highest BCUT2D eigenvalue weighted by atomic mass is 32.2. The fourth-order valence-corrected chi connectivity index (χ4v) is 3.17. The van der Waals surface area contributed by atoms with E-state index in [1.807, 2.05) is 0 Å². The third-order valence-electron chi connectivity index (χ3n) is 2.89. The van der Waals surface area contributed by atoms with E-state index < -0.39 is 0 Å². The first-order valence-electron chi connectivity index (χ1n) is 3.95. The molecule has 0 aromatic carbocycles. The van der Waals surface area contributed by atoms with Gasteiger partial charge in [0.05, 0.1) is 6.07 Å². The van der Waals surface area contributed by atoms with Crippen molar-refractivity contribution in [1.29, 1.82) is 5.26 Å². The van der Waals surface area contributed by atoms with Crippen molar-refractivity contribution in [2.24, 2.45) is 11.8 Å². The second kappa shape index (κ2) is 2.28. The summed E-state index contributed by atoms with van der Waals surface area (Å²) in [7, 11) is 0. The number of nitriles is 1. The maximum Gasteiger partial charge on any atom is 0.109 e. The van der Waals surface area contributed by atoms with Crippen molar-refractivity contribution < 1.29 is 0 Å². The van der Waals surface area contributed by atoms with Gasteiger partial charge in [-0.2, -0.15) is 5.26 Å². The Morgan fingerprint density at radius 1 is 1.64 bits per heavy atom. The van der Waals surface area contributed by atoms with Gasteiger partial charge in [-0.3, -0.25) is 0 Å². The lowest BCUT2D eigenvalue weighted by Crippen LogP contribution is -2.26. The summed E-state index contributed by atoms with van der Waals surface area (Å²) in [5.41, 5.74) is 0. The molecule has 0 N–H and O–H groups in total. The van der Waals surface area contributed by atoms with Gasteiger partial charge in [0.15, 0.2) is 0 Å². The highest BCUT2D eigenvalue weighted by Crippen LogP contribution is 2.52. The lowest BCUT2D eigenvalue weighted by molar-refractivity contribution is 0.615. The molecule has 11 heavy (non-hydrogen) atoms. The summed E-state index contributed by atoms with van der Waals surface area (Å²) in [6, 6.07) is 2.47. The molecule has 2 bridgehead atoms. The Morgan fingerprint density at radius 2 is 2.45 bits per heavy atom. The van der Waals surface area contributed by atoms with E-state index in [-0.39, 0.29) is 4.75 Å². The molecule has 0 radical (unpaired) electrons. The number of allylic oxidation sites excluding steroid dienone is 2. The average Bonchev–Trinajstić information content (AvgIpc) is 2.62. The molecule has 0 unspecified atom stereocenters. The minimum atomic E-state index is -0.0700. The zero-order valence-electron chi connectivity index (χ0n) is 6.58. The number of hydrogen-bond donors (Lipinski definition) is 0. The van der Waals surface area contributed by atoms with Crippen LogP contribution >= 0.6 is 11.8 Å². The van der Waals surface area contributed by atoms with Crippen LogP contribution in [0.25, 0.3) is 0 Å². The van der Waals surface area contributed by atoms with Gasteiger partial charge in [-0.1, -0.05) is 12.2 Å². The number of hydrogen-bond acceptors (Lipinski definition) is 2. The molecule has 0 heterocycles. The summed E-state index contributed by atoms with van der Waals surface area (Å²) in [6.07, 6.45) is 8.85. The average molecular weight is 165 g/mol. The number of rotatable bonds is 1. The SMILES string of the molecule is CS[C@]1(C#N)C[C@H]2C=C[C@@H]1C2. The predicted molar refractivity (Wildman–Crippen MR) is 47.2 cm³/mol. The van der Waals surface area contributed by atoms with Crippen LogP contribution in [0.4, 0.5) is 0 Å². The smallest absolute Gasteiger partial charge is 0.109 e. The molecule has 2 heteroatoms. The molecule has 0 spiro atoms. The third-order valence-corrected chi connectivity index (χ3v) is 4.18. The lowest BCUT2D eigenvalue weighted by atomic mass is 9.94. The summed E-state index contributed by atoms with van der Waals surface area (Å²) in [6.45, 7) is 0. The van der Waals surface area contributed by atoms with E-state index in [4.69, 9.17) is 5.26 Å². The zero-order chi connectivity index (χ0) is 7.90. The molecule has 2 aliphatic carbocycles. The van der Waals surface area contributed by atoms with Gasteiger partial charge in [-0.15, -0.1) is 11.8 Å². The van der Waals surface area contributed by atoms with E-state index in [1.54, 1.807) is 11.8 Å². The third kappa shape index (κ3) is 0.841. The maximum absolute atomic E-state index is 9.03. The first kappa shape index (κ1) is 7.24. The topological polar surface area (TPSA) is 23.8 Å². The fraction of sp³-hybridized carbons (Fsp3) is 0.667. The Balaban J connectivity index is 2.30. The van der Waals surface area contributed by atoms with Gasteiger partial charge in [-0.05, 0) is 25.0 Å². The van der Waals surface area contributed by atoms with Gasteiger partial charge in [0.1, 0.15) is 4.75 Å². The predicted octanol–water partition coefficient (Wildman–Crippen LogP) is 2.21. The first-order chi connectivity index (χ1) is 5.30. The number of nitrogens with zero attached hydrogens (tertiary/aromatic N) is 1. The minimum absolute atomic E-state index is 0.0700. The molecule has 2 aliphatic rings. The van der Waals surface area contributed by atoms with Crippen LogP contribution < -0.4 is 0 Å². The first-order valence-corrected chi connectivity index (χ1v) is 5.18. The van der Waals surface area contributed by atoms with E-state index in [9.17, 15) is 0 Å². The molecular formula is C9H11NS. The largest absolute Gasteiger partial charge is 0.197 e. The van der Waals surface area contributed by atoms with Gasteiger partial charge >= 0.3 is 0 Å². The van der Waals surface area contributed by atoms with Crippen LogP contribution in [0.15, 0.2) is 12.2 Å². The van der Waals surface area contributed by atoms with Gasteiger partial charge in [-0.25, -0.2) is 0 Å². The second-order valence-electron chi connectivity index (χ2n) is 3.40. The van der Waals surface area contributed by atoms with Crippen LogP contribution in [0.3, 0.4) is 0 Å². The standard InChI is InChI=1S/C9H11NS/c1-11-9(6-10)5-7-2-3-8(9)4-7/h2-3,7-8H,4-5H2,1H3/t7-,8+,9-/m0/s1. The van der Waals surface area contributed by atoms with Crippen molar-refractivity contribution in [2.75, 3.05) is 6.26 Å². The van der Waals surface area contributed by atoms with Crippen molar-refractivity contribution in [2.45, 2.75) is 17.6 Å². The van der Waals surface area contributed by atoms with Crippen molar-refractivity contribution in [1.82, 2.24) is 0 Å². The Hall–Kier alpha value is -0.420. The quantitative estimate of drug-likeness (QED) is 0.556. The molecule has 3 atom stereocenters. The Bertz CT molecular complexity index is 240. The van der Waals surface area contributed by atoms with Crippen LogP contribution in [0.2, 0.25) is 0 Å². The number of fused-ring (bicyclic) bond motifs is 2. The fourth-order valence-electron chi connectivity index (χ4n) is 2.22. The summed E-state index contributed by atoms with van der Waals surface area (Å²) in [5, 5.41) is 9.03. The number of thioether (sulfide) groups is 1. The Morgan fingerprint density at radius 3 is 2.73 bits per heavy atom. The van der Waals surface area contributed by atoms with Gasteiger partial charge in [0, 0.05) is 5.92 Å². The molecule has 58 valence electrons. The molecule has 1 nitrogen and oxygen atoms in total. The van der Waals surface area contributed by atoms with Crippen LogP contribution in [0.5, 0.6) is 0 Å². The lowest BCUT2D eigenvalue weighted by Gasteiger charge is -2.25. The molecular weight excluding hydrogens is 154 g/mol. The normalized spacial score (nSPS) is 46.2. The van der Waals surface area contributed by atoms with Gasteiger partial charge in [0.25, 0.3) is 0 Å². The summed E-state index contributed by atoms with van der Waals surface area (Å²) >= 11 is 1.73. The second-order valence-corrected chi connectivity index (χ2v) is 4.53. The van der Waals surface area contributed by atoms with Crippen molar-refractivity contribution in [3.8, 4) is 6.07 Å². The highest BCUT2D eigenvalue weighted by molar-refractivity contribution is 8.00. The van der Waals surface area contributed by atoms with Crippen LogP contribution in [-0.2, 0) is 0 Å². The zero-order valence-corrected chi connectivity index (χ0v) is 7.40. The molecule has 1 fully saturated rings. The highest BCUT2D eigenvalue weighted by Gasteiger charge is 2.48. The monoisotopic (exact) mass is 165 g/mol. The van der Waals surface area contributed by atoms with E-state index in [0.717, 1.165) is 6.42 Å². The summed E-state index contributed by atoms with van der Waals surface area (Å²) in [5.74, 6) is 1.24. The van der Waals surface area contributed by atoms with Crippen molar-refractivity contribution in [3.63, 3.8) is 0 Å². The maximum atomic E-state index is 9.03. The summed E-state index contributed by atoms with van der Waals surface area (Å²) < 4.78 is -0.0700. The van der Waals surface area contributed by atoms with E-state index >= 15 is 0 Å². The molecule has 0 aliphatic heterocycles. The molecule has 0 aromatic heterocycles. The van der Waals surface area contributed by atoms with Crippen molar-refractivity contribution in [3.05, 3.63) is 12.2 Å². The van der Waals surface area contributed by atoms with E-state index in [1.165, 1.54) is 6.42 Å². The van der Waals surface area contributed by atoms with E-state index in [0.29, 0.717) is 11.8 Å².